The van der Waals surface area contributed by atoms with Gasteiger partial charge in [0, 0.05) is 13.1 Å². The maximum absolute atomic E-state index is 4.50. The highest BCUT2D eigenvalue weighted by molar-refractivity contribution is 5.35. The summed E-state index contributed by atoms with van der Waals surface area (Å²) in [4.78, 5) is 4.50. The van der Waals surface area contributed by atoms with E-state index in [2.05, 4.69) is 21.7 Å². The van der Waals surface area contributed by atoms with E-state index in [0.29, 0.717) is 6.04 Å². The van der Waals surface area contributed by atoms with Crippen LogP contribution in [0.15, 0.2) is 18.2 Å². The fourth-order valence-electron chi connectivity index (χ4n) is 1.72. The molecule has 2 heterocycles. The van der Waals surface area contributed by atoms with Crippen molar-refractivity contribution in [3.05, 3.63) is 23.9 Å². The van der Waals surface area contributed by atoms with E-state index < -0.39 is 0 Å². The van der Waals surface area contributed by atoms with Gasteiger partial charge >= 0.3 is 0 Å². The molecule has 13 heavy (non-hydrogen) atoms. The van der Waals surface area contributed by atoms with Crippen LogP contribution in [0.25, 0.3) is 0 Å². The molecule has 1 fully saturated rings. The van der Waals surface area contributed by atoms with E-state index in [1.54, 1.807) is 0 Å². The predicted molar refractivity (Wildman–Crippen MR) is 53.8 cm³/mol. The number of nitrogens with zero attached hydrogens (tertiary/aromatic N) is 1. The Labute approximate surface area is 78.6 Å². The van der Waals surface area contributed by atoms with Crippen LogP contribution in [0.2, 0.25) is 0 Å². The first-order valence-electron chi connectivity index (χ1n) is 4.78. The fraction of sp³-hybridized carbons (Fsp3) is 0.500. The first-order valence-corrected chi connectivity index (χ1v) is 4.78. The van der Waals surface area contributed by atoms with Gasteiger partial charge in [0.2, 0.25) is 0 Å². The highest BCUT2D eigenvalue weighted by Crippen LogP contribution is 2.21. The molecule has 0 aliphatic carbocycles. The van der Waals surface area contributed by atoms with Crippen molar-refractivity contribution < 1.29 is 0 Å². The topological polar surface area (TPSA) is 37.0 Å². The lowest BCUT2D eigenvalue weighted by atomic mass is 10.1. The maximum atomic E-state index is 4.50. The van der Waals surface area contributed by atoms with E-state index >= 15 is 0 Å². The lowest BCUT2D eigenvalue weighted by Crippen LogP contribution is -2.14. The van der Waals surface area contributed by atoms with E-state index in [1.165, 1.54) is 12.8 Å². The molecule has 0 radical (unpaired) electrons. The van der Waals surface area contributed by atoms with E-state index in [4.69, 9.17) is 0 Å². The van der Waals surface area contributed by atoms with Crippen LogP contribution in [-0.4, -0.2) is 18.6 Å². The Kier molecular flexibility index (Phi) is 2.45. The summed E-state index contributed by atoms with van der Waals surface area (Å²) in [6.45, 7) is 1.12. The maximum Gasteiger partial charge on any atom is 0.126 e. The molecular formula is C10H15N3. The van der Waals surface area contributed by atoms with Gasteiger partial charge in [0.25, 0.3) is 0 Å². The van der Waals surface area contributed by atoms with Gasteiger partial charge in [-0.15, -0.1) is 0 Å². The number of aromatic nitrogens is 1. The van der Waals surface area contributed by atoms with Gasteiger partial charge in [0.15, 0.2) is 0 Å². The molecule has 2 rings (SSSR count). The first-order chi connectivity index (χ1) is 6.40. The minimum absolute atomic E-state index is 0.466. The van der Waals surface area contributed by atoms with Crippen molar-refractivity contribution in [3.63, 3.8) is 0 Å². The predicted octanol–water partition coefficient (Wildman–Crippen LogP) is 1.55. The normalized spacial score (nSPS) is 21.8. The third-order valence-corrected chi connectivity index (χ3v) is 2.44. The van der Waals surface area contributed by atoms with Gasteiger partial charge in [-0.25, -0.2) is 4.98 Å². The van der Waals surface area contributed by atoms with Gasteiger partial charge in [-0.3, -0.25) is 0 Å². The zero-order chi connectivity index (χ0) is 9.10. The third-order valence-electron chi connectivity index (χ3n) is 2.44. The second kappa shape index (κ2) is 3.75. The van der Waals surface area contributed by atoms with E-state index in [-0.39, 0.29) is 0 Å². The summed E-state index contributed by atoms with van der Waals surface area (Å²) >= 11 is 0. The number of hydrogen-bond acceptors (Lipinski definition) is 3. The molecule has 0 aromatic carbocycles. The molecule has 1 aromatic rings. The minimum atomic E-state index is 0.466. The number of nitrogens with one attached hydrogen (secondary N) is 2. The van der Waals surface area contributed by atoms with Crippen LogP contribution in [0.1, 0.15) is 24.6 Å². The Bertz CT molecular complexity index is 279. The van der Waals surface area contributed by atoms with Crippen molar-refractivity contribution in [1.82, 2.24) is 10.3 Å². The van der Waals surface area contributed by atoms with Gasteiger partial charge in [-0.1, -0.05) is 6.07 Å². The number of anilines is 1. The molecule has 0 saturated carbocycles. The molecule has 0 spiro atoms. The molecule has 1 aliphatic heterocycles. The monoisotopic (exact) mass is 177 g/mol. The zero-order valence-electron chi connectivity index (χ0n) is 7.88. The molecule has 0 amide bonds. The lowest BCUT2D eigenvalue weighted by molar-refractivity contribution is 0.628. The zero-order valence-corrected chi connectivity index (χ0v) is 7.88. The average Bonchev–Trinajstić information content (AvgIpc) is 2.71. The van der Waals surface area contributed by atoms with Gasteiger partial charge in [-0.2, -0.15) is 0 Å². The molecule has 3 nitrogen and oxygen atoms in total. The van der Waals surface area contributed by atoms with Crippen molar-refractivity contribution in [2.75, 3.05) is 18.9 Å². The van der Waals surface area contributed by atoms with Crippen molar-refractivity contribution in [1.29, 1.82) is 0 Å². The summed E-state index contributed by atoms with van der Waals surface area (Å²) in [5.41, 5.74) is 1.16. The van der Waals surface area contributed by atoms with Crippen LogP contribution in [0.3, 0.4) is 0 Å². The smallest absolute Gasteiger partial charge is 0.126 e. The van der Waals surface area contributed by atoms with E-state index in [0.717, 1.165) is 18.1 Å². The van der Waals surface area contributed by atoms with Crippen LogP contribution in [0.5, 0.6) is 0 Å². The summed E-state index contributed by atoms with van der Waals surface area (Å²) < 4.78 is 0. The first kappa shape index (κ1) is 8.51. The molecule has 70 valence electrons. The van der Waals surface area contributed by atoms with Crippen molar-refractivity contribution >= 4 is 5.82 Å². The second-order valence-corrected chi connectivity index (χ2v) is 3.35. The molecule has 3 heteroatoms. The largest absolute Gasteiger partial charge is 0.373 e. The van der Waals surface area contributed by atoms with Crippen LogP contribution >= 0.6 is 0 Å². The Morgan fingerprint density at radius 2 is 2.46 bits per heavy atom. The fourth-order valence-corrected chi connectivity index (χ4v) is 1.72. The molecule has 0 bridgehead atoms. The summed E-state index contributed by atoms with van der Waals surface area (Å²) in [6, 6.07) is 6.59. The number of hydrogen-bond donors (Lipinski definition) is 2. The van der Waals surface area contributed by atoms with E-state index in [9.17, 15) is 0 Å². The quantitative estimate of drug-likeness (QED) is 0.719. The second-order valence-electron chi connectivity index (χ2n) is 3.35. The lowest BCUT2D eigenvalue weighted by Gasteiger charge is -2.10. The van der Waals surface area contributed by atoms with Crippen molar-refractivity contribution in [3.8, 4) is 0 Å². The summed E-state index contributed by atoms with van der Waals surface area (Å²) in [6.07, 6.45) is 2.47. The number of rotatable bonds is 2. The Morgan fingerprint density at radius 1 is 1.54 bits per heavy atom. The SMILES string of the molecule is CNc1cccc([C@@H]2CCCN2)n1. The Morgan fingerprint density at radius 3 is 3.15 bits per heavy atom. The van der Waals surface area contributed by atoms with Gasteiger partial charge in [-0.05, 0) is 31.5 Å². The molecule has 1 aliphatic rings. The number of pyridine rings is 1. The highest BCUT2D eigenvalue weighted by atomic mass is 15.0. The van der Waals surface area contributed by atoms with E-state index in [1.807, 2.05) is 19.2 Å². The third kappa shape index (κ3) is 1.80. The standard InChI is InChI=1S/C10H15N3/c1-11-10-6-2-4-9(13-10)8-5-3-7-12-8/h2,4,6,8,12H,3,5,7H2,1H3,(H,11,13)/t8-/m0/s1. The van der Waals surface area contributed by atoms with Gasteiger partial charge < -0.3 is 10.6 Å². The van der Waals surface area contributed by atoms with Crippen molar-refractivity contribution in [2.45, 2.75) is 18.9 Å². The van der Waals surface area contributed by atoms with Gasteiger partial charge in [0.1, 0.15) is 5.82 Å². The van der Waals surface area contributed by atoms with Crippen LogP contribution in [0, 0.1) is 0 Å². The summed E-state index contributed by atoms with van der Waals surface area (Å²) in [5, 5.41) is 6.49. The minimum Gasteiger partial charge on any atom is -0.373 e. The molecular weight excluding hydrogens is 162 g/mol. The van der Waals surface area contributed by atoms with Gasteiger partial charge in [0.05, 0.1) is 5.69 Å². The molecule has 2 N–H and O–H groups in total. The summed E-state index contributed by atoms with van der Waals surface area (Å²) in [5.74, 6) is 0.950. The molecule has 1 aromatic heterocycles. The van der Waals surface area contributed by atoms with Crippen LogP contribution in [-0.2, 0) is 0 Å². The molecule has 0 unspecified atom stereocenters. The van der Waals surface area contributed by atoms with Crippen molar-refractivity contribution in [2.24, 2.45) is 0 Å². The highest BCUT2D eigenvalue weighted by Gasteiger charge is 2.16. The molecule has 1 atom stereocenters. The molecule has 1 saturated heterocycles. The average molecular weight is 177 g/mol. The Hall–Kier alpha value is -1.09. The Balaban J connectivity index is 2.18. The van der Waals surface area contributed by atoms with Crippen LogP contribution in [0.4, 0.5) is 5.82 Å². The van der Waals surface area contributed by atoms with Crippen LogP contribution < -0.4 is 10.6 Å². The summed E-state index contributed by atoms with van der Waals surface area (Å²) in [7, 11) is 1.90.